The van der Waals surface area contributed by atoms with Crippen molar-refractivity contribution < 1.29 is 0 Å². The fraction of sp³-hybridized carbons (Fsp3) is 0.190. The molecule has 0 bridgehead atoms. The molecule has 8 nitrogen and oxygen atoms in total. The third-order valence-corrected chi connectivity index (χ3v) is 4.76. The Morgan fingerprint density at radius 1 is 1.03 bits per heavy atom. The highest BCUT2D eigenvalue weighted by Gasteiger charge is 2.10. The maximum absolute atomic E-state index is 5.94. The van der Waals surface area contributed by atoms with Crippen LogP contribution in [0, 0.1) is 13.8 Å². The first-order valence-electron chi connectivity index (χ1n) is 9.37. The zero-order valence-electron chi connectivity index (χ0n) is 16.3. The summed E-state index contributed by atoms with van der Waals surface area (Å²) in [6.07, 6.45) is 4.11. The number of aromatic amines is 1. The molecule has 0 saturated carbocycles. The number of hydrogen-bond donors (Lipinski definition) is 3. The molecule has 0 saturated heterocycles. The largest absolute Gasteiger partial charge is 0.369 e. The number of H-pyrrole nitrogens is 1. The highest BCUT2D eigenvalue weighted by Crippen LogP contribution is 2.26. The van der Waals surface area contributed by atoms with Crippen molar-refractivity contribution in [1.82, 2.24) is 30.1 Å². The lowest BCUT2D eigenvalue weighted by Crippen LogP contribution is -2.09. The molecule has 1 aromatic carbocycles. The Bertz CT molecular complexity index is 1120. The van der Waals surface area contributed by atoms with Crippen LogP contribution >= 0.6 is 0 Å². The molecular formula is C21H22N8. The second-order valence-electron chi connectivity index (χ2n) is 6.76. The average Bonchev–Trinajstić information content (AvgIpc) is 3.19. The van der Waals surface area contributed by atoms with Gasteiger partial charge in [-0.1, -0.05) is 18.2 Å². The van der Waals surface area contributed by atoms with Gasteiger partial charge in [0.05, 0.1) is 5.69 Å². The lowest BCUT2D eigenvalue weighted by Gasteiger charge is -2.11. The molecule has 0 amide bonds. The van der Waals surface area contributed by atoms with Crippen LogP contribution in [0.1, 0.15) is 17.0 Å². The van der Waals surface area contributed by atoms with Gasteiger partial charge in [-0.15, -0.1) is 0 Å². The van der Waals surface area contributed by atoms with Crippen LogP contribution in [0.3, 0.4) is 0 Å². The summed E-state index contributed by atoms with van der Waals surface area (Å²) in [5, 5.41) is 10.5. The van der Waals surface area contributed by atoms with Crippen molar-refractivity contribution >= 4 is 11.8 Å². The minimum atomic E-state index is 0.241. The first-order valence-corrected chi connectivity index (χ1v) is 9.37. The molecular weight excluding hydrogens is 364 g/mol. The average molecular weight is 386 g/mol. The number of hydrogen-bond acceptors (Lipinski definition) is 7. The summed E-state index contributed by atoms with van der Waals surface area (Å²) in [6.45, 7) is 4.80. The topological polar surface area (TPSA) is 118 Å². The summed E-state index contributed by atoms with van der Waals surface area (Å²) in [6, 6.07) is 11.8. The van der Waals surface area contributed by atoms with E-state index in [2.05, 4.69) is 55.4 Å². The Hall–Kier alpha value is -3.81. The van der Waals surface area contributed by atoms with E-state index in [-0.39, 0.29) is 5.95 Å². The van der Waals surface area contributed by atoms with Crippen LogP contribution < -0.4 is 11.1 Å². The lowest BCUT2D eigenvalue weighted by molar-refractivity contribution is 0.896. The third-order valence-electron chi connectivity index (χ3n) is 4.76. The second kappa shape index (κ2) is 8.05. The molecule has 4 rings (SSSR count). The summed E-state index contributed by atoms with van der Waals surface area (Å²) in [4.78, 5) is 17.2. The van der Waals surface area contributed by atoms with E-state index >= 15 is 0 Å². The molecule has 0 fully saturated rings. The van der Waals surface area contributed by atoms with Gasteiger partial charge >= 0.3 is 0 Å². The number of anilines is 2. The number of nitrogens with one attached hydrogen (secondary N) is 2. The van der Waals surface area contributed by atoms with Gasteiger partial charge in [0.2, 0.25) is 5.95 Å². The van der Waals surface area contributed by atoms with E-state index in [4.69, 9.17) is 5.73 Å². The van der Waals surface area contributed by atoms with Crippen molar-refractivity contribution in [2.24, 2.45) is 0 Å². The predicted molar refractivity (Wildman–Crippen MR) is 113 cm³/mol. The Balaban J connectivity index is 1.45. The van der Waals surface area contributed by atoms with Gasteiger partial charge in [0.25, 0.3) is 0 Å². The first kappa shape index (κ1) is 18.5. The predicted octanol–water partition coefficient (Wildman–Crippen LogP) is 3.18. The summed E-state index contributed by atoms with van der Waals surface area (Å²) >= 11 is 0. The number of aryl methyl sites for hydroxylation is 1. The molecule has 29 heavy (non-hydrogen) atoms. The second-order valence-corrected chi connectivity index (χ2v) is 6.76. The molecule has 4 aromatic rings. The Morgan fingerprint density at radius 2 is 1.86 bits per heavy atom. The molecule has 146 valence electrons. The van der Waals surface area contributed by atoms with Crippen LogP contribution in [0.5, 0.6) is 0 Å². The molecule has 0 unspecified atom stereocenters. The molecule has 0 aliphatic heterocycles. The molecule has 8 heteroatoms. The van der Waals surface area contributed by atoms with Crippen LogP contribution in [-0.4, -0.2) is 36.7 Å². The zero-order chi connectivity index (χ0) is 20.2. The van der Waals surface area contributed by atoms with Gasteiger partial charge in [0.1, 0.15) is 11.6 Å². The Morgan fingerprint density at radius 3 is 2.69 bits per heavy atom. The van der Waals surface area contributed by atoms with Crippen molar-refractivity contribution in [3.63, 3.8) is 0 Å². The molecule has 3 aromatic heterocycles. The van der Waals surface area contributed by atoms with Gasteiger partial charge in [0, 0.05) is 42.6 Å². The fourth-order valence-electron chi connectivity index (χ4n) is 3.07. The highest BCUT2D eigenvalue weighted by molar-refractivity contribution is 5.68. The number of rotatable bonds is 6. The zero-order valence-corrected chi connectivity index (χ0v) is 16.3. The van der Waals surface area contributed by atoms with Crippen molar-refractivity contribution in [3.8, 4) is 22.6 Å². The molecule has 0 aliphatic carbocycles. The lowest BCUT2D eigenvalue weighted by atomic mass is 10.0. The molecule has 0 spiro atoms. The van der Waals surface area contributed by atoms with Gasteiger partial charge in [-0.05, 0) is 37.1 Å². The first-order chi connectivity index (χ1) is 14.1. The SMILES string of the molecule is Cc1cccc(-c2cc(NCCc3nc(-c4ccncc4)n[nH]3)nc(N)n2)c1C. The number of nitrogen functional groups attached to an aromatic ring is 1. The maximum atomic E-state index is 5.94. The van der Waals surface area contributed by atoms with Crippen molar-refractivity contribution in [2.75, 3.05) is 17.6 Å². The highest BCUT2D eigenvalue weighted by atomic mass is 15.2. The fourth-order valence-corrected chi connectivity index (χ4v) is 3.07. The minimum absolute atomic E-state index is 0.241. The molecule has 0 aliphatic rings. The maximum Gasteiger partial charge on any atom is 0.222 e. The Labute approximate surface area is 168 Å². The number of pyridine rings is 1. The standard InChI is InChI=1S/C21H22N8/c1-13-4-3-5-16(14(13)2)17-12-19(27-21(22)25-17)24-11-8-18-26-20(29-28-18)15-6-9-23-10-7-15/h3-7,9-10,12H,8,11H2,1-2H3,(H,26,28,29)(H3,22,24,25,27). The van der Waals surface area contributed by atoms with E-state index in [1.54, 1.807) is 12.4 Å². The normalized spacial score (nSPS) is 10.8. The van der Waals surface area contributed by atoms with Crippen molar-refractivity contribution in [1.29, 1.82) is 0 Å². The van der Waals surface area contributed by atoms with Gasteiger partial charge in [-0.2, -0.15) is 10.1 Å². The molecule has 3 heterocycles. The van der Waals surface area contributed by atoms with E-state index in [1.807, 2.05) is 30.3 Å². The van der Waals surface area contributed by atoms with E-state index in [0.717, 1.165) is 22.6 Å². The quantitative estimate of drug-likeness (QED) is 0.466. The van der Waals surface area contributed by atoms with Crippen LogP contribution in [0.15, 0.2) is 48.8 Å². The van der Waals surface area contributed by atoms with E-state index in [9.17, 15) is 0 Å². The minimum Gasteiger partial charge on any atom is -0.369 e. The molecule has 0 atom stereocenters. The number of nitrogens with zero attached hydrogens (tertiary/aromatic N) is 5. The smallest absolute Gasteiger partial charge is 0.222 e. The van der Waals surface area contributed by atoms with Gasteiger partial charge < -0.3 is 11.1 Å². The van der Waals surface area contributed by atoms with Crippen LogP contribution in [-0.2, 0) is 6.42 Å². The Kier molecular flexibility index (Phi) is 5.15. The summed E-state index contributed by atoms with van der Waals surface area (Å²) in [7, 11) is 0. The summed E-state index contributed by atoms with van der Waals surface area (Å²) < 4.78 is 0. The van der Waals surface area contributed by atoms with E-state index < -0.39 is 0 Å². The van der Waals surface area contributed by atoms with E-state index in [0.29, 0.717) is 24.6 Å². The monoisotopic (exact) mass is 386 g/mol. The van der Waals surface area contributed by atoms with Gasteiger partial charge in [0.15, 0.2) is 5.82 Å². The third kappa shape index (κ3) is 4.21. The molecule has 0 radical (unpaired) electrons. The van der Waals surface area contributed by atoms with Crippen LogP contribution in [0.25, 0.3) is 22.6 Å². The van der Waals surface area contributed by atoms with E-state index in [1.165, 1.54) is 11.1 Å². The summed E-state index contributed by atoms with van der Waals surface area (Å²) in [5.41, 5.74) is 11.1. The van der Waals surface area contributed by atoms with Gasteiger partial charge in [-0.25, -0.2) is 9.97 Å². The van der Waals surface area contributed by atoms with Crippen molar-refractivity contribution in [3.05, 3.63) is 65.7 Å². The van der Waals surface area contributed by atoms with Gasteiger partial charge in [-0.3, -0.25) is 10.1 Å². The number of benzene rings is 1. The number of nitrogens with two attached hydrogens (primary N) is 1. The van der Waals surface area contributed by atoms with Crippen LogP contribution in [0.4, 0.5) is 11.8 Å². The van der Waals surface area contributed by atoms with Crippen LogP contribution in [0.2, 0.25) is 0 Å². The number of aromatic nitrogens is 6. The van der Waals surface area contributed by atoms with Crippen molar-refractivity contribution in [2.45, 2.75) is 20.3 Å². The summed E-state index contributed by atoms with van der Waals surface area (Å²) in [5.74, 6) is 2.37. The molecule has 4 N–H and O–H groups in total.